The van der Waals surface area contributed by atoms with E-state index < -0.39 is 17.6 Å². The van der Waals surface area contributed by atoms with Crippen LogP contribution in [0.5, 0.6) is 0 Å². The van der Waals surface area contributed by atoms with Gasteiger partial charge >= 0.3 is 6.18 Å². The van der Waals surface area contributed by atoms with Crippen molar-refractivity contribution in [2.45, 2.75) is 25.4 Å². The first-order valence-corrected chi connectivity index (χ1v) is 7.22. The summed E-state index contributed by atoms with van der Waals surface area (Å²) in [6.45, 7) is 2.48. The summed E-state index contributed by atoms with van der Waals surface area (Å²) in [6, 6.07) is 2.47. The van der Waals surface area contributed by atoms with Crippen molar-refractivity contribution in [3.8, 4) is 11.4 Å². The minimum Gasteiger partial charge on any atom is -0.342 e. The van der Waals surface area contributed by atoms with Crippen molar-refractivity contribution in [3.05, 3.63) is 35.5 Å². The maximum absolute atomic E-state index is 13.6. The number of aromatic nitrogens is 2. The number of carbonyl (C=O) groups is 1. The maximum Gasteiger partial charge on any atom is 0.419 e. The van der Waals surface area contributed by atoms with E-state index in [1.807, 2.05) is 0 Å². The first-order valence-electron chi connectivity index (χ1n) is 7.22. The number of benzene rings is 1. The molecule has 1 atom stereocenters. The lowest BCUT2D eigenvalue weighted by molar-refractivity contribution is -0.140. The summed E-state index contributed by atoms with van der Waals surface area (Å²) in [6.07, 6.45) is -4.10. The second kappa shape index (κ2) is 5.88. The first kappa shape index (κ1) is 16.4. The Labute approximate surface area is 134 Å². The summed E-state index contributed by atoms with van der Waals surface area (Å²) in [5.74, 6) is -1.28. The third-order valence-corrected chi connectivity index (χ3v) is 3.96. The molecule has 2 aromatic rings. The van der Waals surface area contributed by atoms with Crippen molar-refractivity contribution in [1.29, 1.82) is 0 Å². The molecule has 1 amide bonds. The number of amides is 1. The van der Waals surface area contributed by atoms with Gasteiger partial charge in [0.1, 0.15) is 5.82 Å². The number of alkyl halides is 3. The van der Waals surface area contributed by atoms with Crippen LogP contribution in [0.4, 0.5) is 17.6 Å². The van der Waals surface area contributed by atoms with Crippen LogP contribution < -0.4 is 0 Å². The van der Waals surface area contributed by atoms with E-state index in [0.29, 0.717) is 25.6 Å². The Morgan fingerprint density at radius 2 is 2.12 bits per heavy atom. The molecule has 3 rings (SSSR count). The fourth-order valence-corrected chi connectivity index (χ4v) is 2.65. The van der Waals surface area contributed by atoms with Gasteiger partial charge < -0.3 is 9.42 Å². The molecular formula is C15H13F4N3O2. The molecule has 0 radical (unpaired) electrons. The molecule has 1 aromatic heterocycles. The van der Waals surface area contributed by atoms with Crippen LogP contribution >= 0.6 is 0 Å². The Hall–Kier alpha value is -2.45. The van der Waals surface area contributed by atoms with Crippen LogP contribution in [-0.4, -0.2) is 34.0 Å². The molecule has 2 heterocycles. The quantitative estimate of drug-likeness (QED) is 0.786. The van der Waals surface area contributed by atoms with Crippen molar-refractivity contribution in [2.24, 2.45) is 0 Å². The molecule has 0 spiro atoms. The van der Waals surface area contributed by atoms with Crippen molar-refractivity contribution < 1.29 is 26.9 Å². The van der Waals surface area contributed by atoms with E-state index in [-0.39, 0.29) is 29.1 Å². The van der Waals surface area contributed by atoms with Crippen LogP contribution in [-0.2, 0) is 11.0 Å². The molecule has 0 N–H and O–H groups in total. The van der Waals surface area contributed by atoms with Gasteiger partial charge in [-0.05, 0) is 18.6 Å². The summed E-state index contributed by atoms with van der Waals surface area (Å²) >= 11 is 0. The monoisotopic (exact) mass is 343 g/mol. The molecule has 0 aliphatic carbocycles. The Kier molecular flexibility index (Phi) is 4.02. The van der Waals surface area contributed by atoms with Gasteiger partial charge in [-0.3, -0.25) is 4.79 Å². The standard InChI is InChI=1S/C15H13F4N3O2/c1-8(23)22-5-4-10(7-22)14-20-13(21-24-14)9-2-3-11(12(16)6-9)15(17,18)19/h2-3,6,10H,4-5,7H2,1H3. The zero-order valence-electron chi connectivity index (χ0n) is 12.6. The van der Waals surface area contributed by atoms with Crippen LogP contribution in [0.1, 0.15) is 30.7 Å². The number of nitrogens with zero attached hydrogens (tertiary/aromatic N) is 3. The highest BCUT2D eigenvalue weighted by Gasteiger charge is 2.34. The number of carbonyl (C=O) groups excluding carboxylic acids is 1. The molecule has 0 bridgehead atoms. The van der Waals surface area contributed by atoms with Crippen molar-refractivity contribution in [3.63, 3.8) is 0 Å². The van der Waals surface area contributed by atoms with Crippen LogP contribution in [0, 0.1) is 5.82 Å². The van der Waals surface area contributed by atoms with Gasteiger partial charge in [-0.15, -0.1) is 0 Å². The van der Waals surface area contributed by atoms with Gasteiger partial charge in [0.2, 0.25) is 17.6 Å². The van der Waals surface area contributed by atoms with Gasteiger partial charge in [-0.2, -0.15) is 18.2 Å². The Morgan fingerprint density at radius 3 is 2.71 bits per heavy atom. The predicted octanol–water partition coefficient (Wildman–Crippen LogP) is 3.23. The third kappa shape index (κ3) is 3.10. The first-order chi connectivity index (χ1) is 11.3. The highest BCUT2D eigenvalue weighted by atomic mass is 19.4. The molecule has 1 aliphatic rings. The SMILES string of the molecule is CC(=O)N1CCC(c2nc(-c3ccc(C(F)(F)F)c(F)c3)no2)C1. The predicted molar refractivity (Wildman–Crippen MR) is 74.3 cm³/mol. The van der Waals surface area contributed by atoms with Crippen molar-refractivity contribution in [2.75, 3.05) is 13.1 Å². The smallest absolute Gasteiger partial charge is 0.342 e. The summed E-state index contributed by atoms with van der Waals surface area (Å²) < 4.78 is 56.5. The number of hydrogen-bond donors (Lipinski definition) is 0. The Bertz CT molecular complexity index is 772. The minimum absolute atomic E-state index is 0.0129. The molecule has 1 fully saturated rings. The molecule has 24 heavy (non-hydrogen) atoms. The third-order valence-electron chi connectivity index (χ3n) is 3.96. The van der Waals surface area contributed by atoms with Gasteiger partial charge in [0, 0.05) is 25.6 Å². The van der Waals surface area contributed by atoms with E-state index in [2.05, 4.69) is 10.1 Å². The normalized spacial score (nSPS) is 18.2. The lowest BCUT2D eigenvalue weighted by atomic mass is 10.1. The molecule has 0 saturated carbocycles. The van der Waals surface area contributed by atoms with Crippen molar-refractivity contribution >= 4 is 5.91 Å². The Morgan fingerprint density at radius 1 is 1.38 bits per heavy atom. The lowest BCUT2D eigenvalue weighted by Gasteiger charge is -2.11. The summed E-state index contributed by atoms with van der Waals surface area (Å²) in [4.78, 5) is 17.1. The average Bonchev–Trinajstić information content (AvgIpc) is 3.15. The minimum atomic E-state index is -4.76. The highest BCUT2D eigenvalue weighted by Crippen LogP contribution is 2.33. The fourth-order valence-electron chi connectivity index (χ4n) is 2.65. The summed E-state index contributed by atoms with van der Waals surface area (Å²) in [5.41, 5.74) is -1.25. The molecule has 1 saturated heterocycles. The average molecular weight is 343 g/mol. The van der Waals surface area contributed by atoms with Gasteiger partial charge in [-0.25, -0.2) is 4.39 Å². The van der Waals surface area contributed by atoms with Gasteiger partial charge in [0.15, 0.2) is 0 Å². The Balaban J connectivity index is 1.81. The number of likely N-dealkylation sites (tertiary alicyclic amines) is 1. The van der Waals surface area contributed by atoms with Crippen LogP contribution in [0.2, 0.25) is 0 Å². The van der Waals surface area contributed by atoms with E-state index in [1.165, 1.54) is 6.92 Å². The molecule has 1 unspecified atom stereocenters. The summed E-state index contributed by atoms with van der Waals surface area (Å²) in [7, 11) is 0. The fraction of sp³-hybridized carbons (Fsp3) is 0.400. The van der Waals surface area contributed by atoms with Gasteiger partial charge in [0.25, 0.3) is 0 Å². The zero-order valence-corrected chi connectivity index (χ0v) is 12.6. The van der Waals surface area contributed by atoms with Gasteiger partial charge in [0.05, 0.1) is 11.5 Å². The van der Waals surface area contributed by atoms with E-state index >= 15 is 0 Å². The lowest BCUT2D eigenvalue weighted by Crippen LogP contribution is -2.25. The highest BCUT2D eigenvalue weighted by molar-refractivity contribution is 5.73. The second-order valence-corrected chi connectivity index (χ2v) is 5.60. The number of hydrogen-bond acceptors (Lipinski definition) is 4. The van der Waals surface area contributed by atoms with E-state index in [0.717, 1.165) is 12.1 Å². The molecular weight excluding hydrogens is 330 g/mol. The molecule has 9 heteroatoms. The second-order valence-electron chi connectivity index (χ2n) is 5.60. The zero-order chi connectivity index (χ0) is 17.5. The number of halogens is 4. The molecule has 1 aromatic carbocycles. The van der Waals surface area contributed by atoms with Crippen LogP contribution in [0.15, 0.2) is 22.7 Å². The number of rotatable bonds is 2. The van der Waals surface area contributed by atoms with Crippen LogP contribution in [0.25, 0.3) is 11.4 Å². The topological polar surface area (TPSA) is 59.2 Å². The van der Waals surface area contributed by atoms with Gasteiger partial charge in [-0.1, -0.05) is 11.2 Å². The summed E-state index contributed by atoms with van der Waals surface area (Å²) in [5, 5.41) is 3.70. The van der Waals surface area contributed by atoms with E-state index in [4.69, 9.17) is 4.52 Å². The molecule has 1 aliphatic heterocycles. The van der Waals surface area contributed by atoms with E-state index in [1.54, 1.807) is 4.90 Å². The van der Waals surface area contributed by atoms with E-state index in [9.17, 15) is 22.4 Å². The van der Waals surface area contributed by atoms with Crippen molar-refractivity contribution in [1.82, 2.24) is 15.0 Å². The molecule has 5 nitrogen and oxygen atoms in total. The molecule has 128 valence electrons. The maximum atomic E-state index is 13.6. The van der Waals surface area contributed by atoms with Crippen LogP contribution in [0.3, 0.4) is 0 Å². The largest absolute Gasteiger partial charge is 0.419 e.